The molecule has 0 spiro atoms. The molecule has 4 nitrogen and oxygen atoms in total. The molecule has 0 fully saturated rings. The van der Waals surface area contributed by atoms with Crippen LogP contribution in [0, 0.1) is 0 Å². The van der Waals surface area contributed by atoms with Crippen LogP contribution in [0.5, 0.6) is 0 Å². The lowest BCUT2D eigenvalue weighted by molar-refractivity contribution is 1.01. The van der Waals surface area contributed by atoms with Gasteiger partial charge in [0.2, 0.25) is 0 Å². The molecule has 2 aliphatic carbocycles. The minimum atomic E-state index is 0.161. The molecule has 2 unspecified atom stereocenters. The van der Waals surface area contributed by atoms with Gasteiger partial charge in [-0.15, -0.1) is 0 Å². The van der Waals surface area contributed by atoms with Crippen LogP contribution in [-0.4, -0.2) is 9.13 Å². The molecule has 2 aliphatic rings. The molecule has 2 heterocycles. The summed E-state index contributed by atoms with van der Waals surface area (Å²) >= 11 is 0. The van der Waals surface area contributed by atoms with Crippen molar-refractivity contribution in [2.45, 2.75) is 11.8 Å². The van der Waals surface area contributed by atoms with Gasteiger partial charge in [-0.2, -0.15) is 0 Å². The van der Waals surface area contributed by atoms with Crippen molar-refractivity contribution < 1.29 is 0 Å². The van der Waals surface area contributed by atoms with E-state index >= 15 is 0 Å². The van der Waals surface area contributed by atoms with Crippen LogP contribution in [0.15, 0.2) is 340 Å². The number of benzene rings is 14. The smallest absolute Gasteiger partial charge is 0.0542 e. The number of nitrogens with zero attached hydrogens (tertiary/aromatic N) is 4. The Labute approximate surface area is 523 Å². The number of anilines is 6. The van der Waals surface area contributed by atoms with Gasteiger partial charge in [0.1, 0.15) is 0 Å². The molecule has 0 bridgehead atoms. The van der Waals surface area contributed by atoms with Crippen molar-refractivity contribution in [2.75, 3.05) is 9.80 Å². The summed E-state index contributed by atoms with van der Waals surface area (Å²) in [6.45, 7) is 0. The maximum absolute atomic E-state index is 2.45. The van der Waals surface area contributed by atoms with Crippen LogP contribution < -0.4 is 9.80 Å². The van der Waals surface area contributed by atoms with Crippen LogP contribution in [0.3, 0.4) is 0 Å². The predicted molar refractivity (Wildman–Crippen MR) is 376 cm³/mol. The Morgan fingerprint density at radius 1 is 0.211 bits per heavy atom. The van der Waals surface area contributed by atoms with E-state index in [1.807, 2.05) is 0 Å². The zero-order valence-corrected chi connectivity index (χ0v) is 49.3. The molecule has 0 saturated heterocycles. The van der Waals surface area contributed by atoms with Crippen LogP contribution in [0.4, 0.5) is 34.1 Å². The summed E-state index contributed by atoms with van der Waals surface area (Å²) in [7, 11) is 0. The van der Waals surface area contributed by atoms with Gasteiger partial charge in [0, 0.05) is 78.9 Å². The molecule has 90 heavy (non-hydrogen) atoms. The Balaban J connectivity index is 0.756. The Bertz CT molecular complexity index is 5070. The van der Waals surface area contributed by atoms with Crippen molar-refractivity contribution in [1.82, 2.24) is 9.13 Å². The highest BCUT2D eigenvalue weighted by molar-refractivity contribution is 6.12. The summed E-state index contributed by atoms with van der Waals surface area (Å²) in [6.07, 6.45) is 0. The highest BCUT2D eigenvalue weighted by Gasteiger charge is 2.33. The minimum absolute atomic E-state index is 0.161. The second-order valence-corrected chi connectivity index (χ2v) is 23.9. The molecule has 0 radical (unpaired) electrons. The fraction of sp³-hybridized carbons (Fsp3) is 0.0233. The van der Waals surface area contributed by atoms with Gasteiger partial charge in [-0.25, -0.2) is 0 Å². The zero-order valence-electron chi connectivity index (χ0n) is 49.3. The molecule has 0 aliphatic heterocycles. The summed E-state index contributed by atoms with van der Waals surface area (Å²) in [5.74, 6) is 0.321. The monoisotopic (exact) mass is 1150 g/mol. The van der Waals surface area contributed by atoms with Gasteiger partial charge < -0.3 is 18.9 Å². The Morgan fingerprint density at radius 2 is 0.522 bits per heavy atom. The highest BCUT2D eigenvalue weighted by Crippen LogP contribution is 2.53. The second-order valence-electron chi connectivity index (χ2n) is 23.9. The number of para-hydroxylation sites is 4. The first-order valence-corrected chi connectivity index (χ1v) is 31.2. The average Bonchev–Trinajstić information content (AvgIpc) is 1.69. The van der Waals surface area contributed by atoms with Gasteiger partial charge in [-0.3, -0.25) is 0 Å². The number of fused-ring (bicyclic) bond motifs is 12. The fourth-order valence-corrected chi connectivity index (χ4v) is 15.1. The van der Waals surface area contributed by atoms with E-state index in [9.17, 15) is 0 Å². The normalized spacial score (nSPS) is 13.8. The van der Waals surface area contributed by atoms with Crippen molar-refractivity contribution in [2.24, 2.45) is 0 Å². The molecule has 0 saturated carbocycles. The molecule has 14 aromatic carbocycles. The first kappa shape index (κ1) is 51.5. The number of rotatable bonds is 11. The van der Waals surface area contributed by atoms with Gasteiger partial charge in [-0.05, 0) is 188 Å². The fourth-order valence-electron chi connectivity index (χ4n) is 15.1. The number of aromatic nitrogens is 2. The maximum atomic E-state index is 2.45. The molecule has 2 atom stereocenters. The third kappa shape index (κ3) is 8.30. The SMILES string of the molecule is c1ccc(C2c3ccccc3-c3cc(N(c4ccc(-c5ccc(N(c6ccc7c(c6)-c6ccccc6C7c6ccccc6)c6ccc7c(c6)c6ccccc6n7-c6ccccc6)cc5)cc4)c4ccc5c(c4)c4ccccc4n5-c4ccccc4)ccc32)cc1. The molecule has 18 rings (SSSR count). The Hall–Kier alpha value is -11.7. The van der Waals surface area contributed by atoms with Crippen molar-refractivity contribution in [3.63, 3.8) is 0 Å². The third-order valence-electron chi connectivity index (χ3n) is 19.0. The molecule has 0 amide bonds. The summed E-state index contributed by atoms with van der Waals surface area (Å²) in [5.41, 5.74) is 28.9. The predicted octanol–water partition coefficient (Wildman–Crippen LogP) is 22.8. The van der Waals surface area contributed by atoms with Crippen LogP contribution >= 0.6 is 0 Å². The van der Waals surface area contributed by atoms with Gasteiger partial charge in [0.15, 0.2) is 0 Å². The first-order valence-electron chi connectivity index (χ1n) is 31.2. The van der Waals surface area contributed by atoms with Gasteiger partial charge in [0.05, 0.1) is 22.1 Å². The molecule has 16 aromatic rings. The molecular weight excluding hydrogens is 1090 g/mol. The lowest BCUT2D eigenvalue weighted by Crippen LogP contribution is -2.11. The van der Waals surface area contributed by atoms with Crippen LogP contribution in [-0.2, 0) is 0 Å². The average molecular weight is 1150 g/mol. The molecular formula is C86H58N4. The highest BCUT2D eigenvalue weighted by atomic mass is 15.2. The van der Waals surface area contributed by atoms with E-state index in [1.54, 1.807) is 0 Å². The Kier molecular flexibility index (Phi) is 12.0. The lowest BCUT2D eigenvalue weighted by Gasteiger charge is -2.27. The van der Waals surface area contributed by atoms with Gasteiger partial charge in [0.25, 0.3) is 0 Å². The van der Waals surface area contributed by atoms with Gasteiger partial charge in [-0.1, -0.05) is 218 Å². The summed E-state index contributed by atoms with van der Waals surface area (Å²) < 4.78 is 4.79. The molecule has 4 heteroatoms. The van der Waals surface area contributed by atoms with E-state index in [4.69, 9.17) is 0 Å². The minimum Gasteiger partial charge on any atom is -0.310 e. The van der Waals surface area contributed by atoms with Crippen molar-refractivity contribution in [1.29, 1.82) is 0 Å². The van der Waals surface area contributed by atoms with E-state index in [1.165, 1.54) is 99.2 Å². The molecule has 2 aromatic heterocycles. The van der Waals surface area contributed by atoms with E-state index < -0.39 is 0 Å². The standard InChI is InChI=1S/C86H58N4/c1-5-21-59(22-6-1)85-73-33-15-13-29-69(73)77-53-65(45-49-75(77)85)87(67-47-51-83-79(55-67)71-31-17-19-35-81(71)89(83)61-25-9-3-10-26-61)63-41-37-57(38-42-63)58-39-43-64(44-40-58)88(66-46-50-76-78(54-66)70-30-14-16-34-74(70)86(76)60-23-7-2-8-24-60)68-48-52-84-80(56-68)72-32-18-20-36-82(72)90(84)62-27-11-4-12-28-62/h1-56,85-86H. The van der Waals surface area contributed by atoms with Gasteiger partial charge >= 0.3 is 0 Å². The topological polar surface area (TPSA) is 16.3 Å². The largest absolute Gasteiger partial charge is 0.310 e. The van der Waals surface area contributed by atoms with E-state index in [-0.39, 0.29) is 11.8 Å². The molecule has 422 valence electrons. The molecule has 0 N–H and O–H groups in total. The summed E-state index contributed by atoms with van der Waals surface area (Å²) in [6, 6.07) is 126. The lowest BCUT2D eigenvalue weighted by atomic mass is 9.89. The summed E-state index contributed by atoms with van der Waals surface area (Å²) in [5, 5.41) is 4.86. The quantitative estimate of drug-likeness (QED) is 0.128. The number of hydrogen-bond acceptors (Lipinski definition) is 2. The van der Waals surface area contributed by atoms with Crippen LogP contribution in [0.2, 0.25) is 0 Å². The third-order valence-corrected chi connectivity index (χ3v) is 19.0. The Morgan fingerprint density at radius 3 is 0.944 bits per heavy atom. The number of hydrogen-bond donors (Lipinski definition) is 0. The maximum Gasteiger partial charge on any atom is 0.0542 e. The van der Waals surface area contributed by atoms with E-state index in [0.29, 0.717) is 0 Å². The second kappa shape index (κ2) is 21.0. The van der Waals surface area contributed by atoms with Crippen molar-refractivity contribution in [3.8, 4) is 44.8 Å². The first-order chi connectivity index (χ1) is 44.7. The van der Waals surface area contributed by atoms with Crippen LogP contribution in [0.25, 0.3) is 88.4 Å². The van der Waals surface area contributed by atoms with Crippen LogP contribution in [0.1, 0.15) is 45.2 Å². The summed E-state index contributed by atoms with van der Waals surface area (Å²) in [4.78, 5) is 4.89. The zero-order chi connectivity index (χ0) is 59.2. The van der Waals surface area contributed by atoms with E-state index in [0.717, 1.165) is 56.6 Å². The van der Waals surface area contributed by atoms with Crippen molar-refractivity contribution >= 4 is 77.7 Å². The van der Waals surface area contributed by atoms with Crippen molar-refractivity contribution in [3.05, 3.63) is 373 Å². The van der Waals surface area contributed by atoms with E-state index in [2.05, 4.69) is 359 Å².